The van der Waals surface area contributed by atoms with Crippen molar-refractivity contribution in [2.24, 2.45) is 5.92 Å². The van der Waals surface area contributed by atoms with Gasteiger partial charge in [-0.3, -0.25) is 0 Å². The molecule has 0 radical (unpaired) electrons. The first kappa shape index (κ1) is 15.5. The van der Waals surface area contributed by atoms with Gasteiger partial charge in [0.15, 0.2) is 0 Å². The Bertz CT molecular complexity index is 355. The summed E-state index contributed by atoms with van der Waals surface area (Å²) in [6.07, 6.45) is 6.56. The molecule has 2 heteroatoms. The van der Waals surface area contributed by atoms with E-state index in [1.807, 2.05) is 0 Å². The first-order valence-corrected chi connectivity index (χ1v) is 8.26. The van der Waals surface area contributed by atoms with Crippen molar-refractivity contribution >= 4 is 0 Å². The Hall–Kier alpha value is -0.860. The fourth-order valence-corrected chi connectivity index (χ4v) is 3.17. The molecule has 0 saturated carbocycles. The molecule has 1 aromatic rings. The molecule has 0 bridgehead atoms. The molecule has 1 N–H and O–H groups in total. The van der Waals surface area contributed by atoms with Gasteiger partial charge in [0.2, 0.25) is 0 Å². The molecule has 2 rings (SSSR count). The average Bonchev–Trinajstić information content (AvgIpc) is 2.49. The Morgan fingerprint density at radius 3 is 2.55 bits per heavy atom. The lowest BCUT2D eigenvalue weighted by molar-refractivity contribution is 0.210. The van der Waals surface area contributed by atoms with E-state index in [2.05, 4.69) is 54.5 Å². The number of nitrogens with zero attached hydrogens (tertiary/aromatic N) is 1. The van der Waals surface area contributed by atoms with Crippen molar-refractivity contribution < 1.29 is 0 Å². The van der Waals surface area contributed by atoms with Crippen LogP contribution >= 0.6 is 0 Å². The number of rotatable bonds is 7. The van der Waals surface area contributed by atoms with E-state index in [0.29, 0.717) is 6.04 Å². The SMILES string of the molecule is CCCC(NCCC1CCN(C)CC1)c1ccccc1. The minimum atomic E-state index is 0.535. The van der Waals surface area contributed by atoms with E-state index in [1.54, 1.807) is 0 Å². The third kappa shape index (κ3) is 4.92. The Balaban J connectivity index is 1.75. The second-order valence-electron chi connectivity index (χ2n) is 6.24. The van der Waals surface area contributed by atoms with Crippen LogP contribution in [-0.2, 0) is 0 Å². The normalized spacial score (nSPS) is 19.1. The molecule has 0 spiro atoms. The Morgan fingerprint density at radius 1 is 1.20 bits per heavy atom. The van der Waals surface area contributed by atoms with Crippen LogP contribution in [0.5, 0.6) is 0 Å². The van der Waals surface area contributed by atoms with Gasteiger partial charge in [0.1, 0.15) is 0 Å². The minimum absolute atomic E-state index is 0.535. The molecule has 0 aliphatic carbocycles. The van der Waals surface area contributed by atoms with Gasteiger partial charge >= 0.3 is 0 Å². The fourth-order valence-electron chi connectivity index (χ4n) is 3.17. The zero-order chi connectivity index (χ0) is 14.2. The monoisotopic (exact) mass is 274 g/mol. The number of nitrogens with one attached hydrogen (secondary N) is 1. The minimum Gasteiger partial charge on any atom is -0.310 e. The van der Waals surface area contributed by atoms with Gasteiger partial charge in [-0.25, -0.2) is 0 Å². The van der Waals surface area contributed by atoms with Crippen molar-refractivity contribution in [3.05, 3.63) is 35.9 Å². The molecule has 20 heavy (non-hydrogen) atoms. The van der Waals surface area contributed by atoms with Gasteiger partial charge < -0.3 is 10.2 Å². The molecule has 1 atom stereocenters. The van der Waals surface area contributed by atoms with Crippen LogP contribution in [0, 0.1) is 5.92 Å². The van der Waals surface area contributed by atoms with E-state index in [0.717, 1.165) is 12.5 Å². The van der Waals surface area contributed by atoms with E-state index < -0.39 is 0 Å². The average molecular weight is 274 g/mol. The summed E-state index contributed by atoms with van der Waals surface area (Å²) in [6.45, 7) is 5.99. The van der Waals surface area contributed by atoms with Gasteiger partial charge in [-0.15, -0.1) is 0 Å². The van der Waals surface area contributed by atoms with Crippen molar-refractivity contribution in [1.29, 1.82) is 0 Å². The fraction of sp³-hybridized carbons (Fsp3) is 0.667. The molecule has 0 amide bonds. The molecule has 2 nitrogen and oxygen atoms in total. The molecular weight excluding hydrogens is 244 g/mol. The molecule has 1 unspecified atom stereocenters. The van der Waals surface area contributed by atoms with Crippen LogP contribution in [0.25, 0.3) is 0 Å². The second-order valence-corrected chi connectivity index (χ2v) is 6.24. The van der Waals surface area contributed by atoms with E-state index in [4.69, 9.17) is 0 Å². The Kier molecular flexibility index (Phi) is 6.55. The predicted molar refractivity (Wildman–Crippen MR) is 86.9 cm³/mol. The molecule has 1 heterocycles. The van der Waals surface area contributed by atoms with Gasteiger partial charge in [-0.2, -0.15) is 0 Å². The molecular formula is C18H30N2. The highest BCUT2D eigenvalue weighted by Crippen LogP contribution is 2.21. The van der Waals surface area contributed by atoms with Gasteiger partial charge in [-0.1, -0.05) is 43.7 Å². The lowest BCUT2D eigenvalue weighted by atomic mass is 9.93. The summed E-state index contributed by atoms with van der Waals surface area (Å²) >= 11 is 0. The molecule has 0 aromatic heterocycles. The van der Waals surface area contributed by atoms with Crippen LogP contribution < -0.4 is 5.32 Å². The molecule has 1 saturated heterocycles. The van der Waals surface area contributed by atoms with E-state index in [-0.39, 0.29) is 0 Å². The maximum Gasteiger partial charge on any atom is 0.0320 e. The number of hydrogen-bond donors (Lipinski definition) is 1. The van der Waals surface area contributed by atoms with E-state index >= 15 is 0 Å². The molecule has 1 aromatic carbocycles. The predicted octanol–water partition coefficient (Wildman–Crippen LogP) is 3.85. The van der Waals surface area contributed by atoms with Crippen LogP contribution in [0.2, 0.25) is 0 Å². The summed E-state index contributed by atoms with van der Waals surface area (Å²) in [6, 6.07) is 11.4. The molecule has 1 aliphatic heterocycles. The molecule has 112 valence electrons. The summed E-state index contributed by atoms with van der Waals surface area (Å²) in [5, 5.41) is 3.78. The highest BCUT2D eigenvalue weighted by Gasteiger charge is 2.17. The number of benzene rings is 1. The summed E-state index contributed by atoms with van der Waals surface area (Å²) in [5.41, 5.74) is 1.44. The summed E-state index contributed by atoms with van der Waals surface area (Å²) in [7, 11) is 2.24. The zero-order valence-electron chi connectivity index (χ0n) is 13.1. The van der Waals surface area contributed by atoms with Gasteiger partial charge in [0.05, 0.1) is 0 Å². The number of piperidine rings is 1. The smallest absolute Gasteiger partial charge is 0.0320 e. The molecule has 1 fully saturated rings. The maximum atomic E-state index is 3.78. The quantitative estimate of drug-likeness (QED) is 0.812. The lowest BCUT2D eigenvalue weighted by Gasteiger charge is -2.29. The van der Waals surface area contributed by atoms with E-state index in [9.17, 15) is 0 Å². The van der Waals surface area contributed by atoms with Gasteiger partial charge in [0.25, 0.3) is 0 Å². The van der Waals surface area contributed by atoms with Crippen molar-refractivity contribution in [3.8, 4) is 0 Å². The standard InChI is InChI=1S/C18H30N2/c1-3-7-18(17-8-5-4-6-9-17)19-13-10-16-11-14-20(2)15-12-16/h4-6,8-9,16,18-19H,3,7,10-15H2,1-2H3. The lowest BCUT2D eigenvalue weighted by Crippen LogP contribution is -2.32. The van der Waals surface area contributed by atoms with Gasteiger partial charge in [-0.05, 0) is 63.8 Å². The maximum absolute atomic E-state index is 3.78. The van der Waals surface area contributed by atoms with Crippen LogP contribution in [0.4, 0.5) is 0 Å². The summed E-state index contributed by atoms with van der Waals surface area (Å²) < 4.78 is 0. The van der Waals surface area contributed by atoms with Gasteiger partial charge in [0, 0.05) is 6.04 Å². The second kappa shape index (κ2) is 8.43. The topological polar surface area (TPSA) is 15.3 Å². The largest absolute Gasteiger partial charge is 0.310 e. The first-order valence-electron chi connectivity index (χ1n) is 8.26. The third-order valence-corrected chi connectivity index (χ3v) is 4.56. The number of hydrogen-bond acceptors (Lipinski definition) is 2. The summed E-state index contributed by atoms with van der Waals surface area (Å²) in [4.78, 5) is 2.45. The van der Waals surface area contributed by atoms with Crippen LogP contribution in [0.15, 0.2) is 30.3 Å². The van der Waals surface area contributed by atoms with Crippen LogP contribution in [0.3, 0.4) is 0 Å². The first-order chi connectivity index (χ1) is 9.79. The third-order valence-electron chi connectivity index (χ3n) is 4.56. The van der Waals surface area contributed by atoms with Crippen molar-refractivity contribution in [1.82, 2.24) is 10.2 Å². The van der Waals surface area contributed by atoms with Crippen molar-refractivity contribution in [2.45, 2.75) is 45.1 Å². The highest BCUT2D eigenvalue weighted by atomic mass is 15.1. The summed E-state index contributed by atoms with van der Waals surface area (Å²) in [5.74, 6) is 0.928. The zero-order valence-corrected chi connectivity index (χ0v) is 13.1. The van der Waals surface area contributed by atoms with Crippen molar-refractivity contribution in [3.63, 3.8) is 0 Å². The Morgan fingerprint density at radius 2 is 1.90 bits per heavy atom. The van der Waals surface area contributed by atoms with E-state index in [1.165, 1.54) is 50.8 Å². The number of likely N-dealkylation sites (tertiary alicyclic amines) is 1. The highest BCUT2D eigenvalue weighted by molar-refractivity contribution is 5.18. The van der Waals surface area contributed by atoms with Crippen LogP contribution in [0.1, 0.15) is 50.6 Å². The van der Waals surface area contributed by atoms with Crippen LogP contribution in [-0.4, -0.2) is 31.6 Å². The Labute approximate surface area is 124 Å². The van der Waals surface area contributed by atoms with Crippen molar-refractivity contribution in [2.75, 3.05) is 26.7 Å². The molecule has 1 aliphatic rings.